The van der Waals surface area contributed by atoms with Crippen LogP contribution in [-0.2, 0) is 7.05 Å². The average Bonchev–Trinajstić information content (AvgIpc) is 2.48. The highest BCUT2D eigenvalue weighted by Gasteiger charge is 2.08. The minimum absolute atomic E-state index is 0.741. The van der Waals surface area contributed by atoms with Gasteiger partial charge in [0.2, 0.25) is 0 Å². The van der Waals surface area contributed by atoms with Gasteiger partial charge < -0.3 is 5.32 Å². The number of anilines is 2. The Balaban J connectivity index is 2.30. The highest BCUT2D eigenvalue weighted by atomic mass is 35.5. The second kappa shape index (κ2) is 4.18. The molecule has 84 valence electrons. The van der Waals surface area contributed by atoms with Gasteiger partial charge >= 0.3 is 0 Å². The molecule has 4 heteroatoms. The zero-order valence-corrected chi connectivity index (χ0v) is 10.3. The van der Waals surface area contributed by atoms with Crippen LogP contribution in [0, 0.1) is 13.8 Å². The number of hydrogen-bond acceptors (Lipinski definition) is 2. The number of benzene rings is 1. The summed E-state index contributed by atoms with van der Waals surface area (Å²) >= 11 is 5.84. The number of nitrogens with zero attached hydrogens (tertiary/aromatic N) is 2. The van der Waals surface area contributed by atoms with Crippen molar-refractivity contribution in [2.75, 3.05) is 5.32 Å². The van der Waals surface area contributed by atoms with Gasteiger partial charge in [-0.05, 0) is 38.1 Å². The Morgan fingerprint density at radius 1 is 1.19 bits per heavy atom. The normalized spacial score (nSPS) is 10.5. The van der Waals surface area contributed by atoms with E-state index in [0.29, 0.717) is 0 Å². The lowest BCUT2D eigenvalue weighted by molar-refractivity contribution is 0.731. The number of nitrogens with one attached hydrogen (secondary N) is 1. The van der Waals surface area contributed by atoms with E-state index in [9.17, 15) is 0 Å². The second-order valence-electron chi connectivity index (χ2n) is 3.80. The maximum Gasteiger partial charge on any atom is 0.0831 e. The Labute approximate surface area is 100 Å². The fraction of sp³-hybridized carbons (Fsp3) is 0.250. The van der Waals surface area contributed by atoms with Crippen LogP contribution >= 0.6 is 11.6 Å². The van der Waals surface area contributed by atoms with Gasteiger partial charge in [-0.2, -0.15) is 5.10 Å². The van der Waals surface area contributed by atoms with Gasteiger partial charge in [-0.3, -0.25) is 4.68 Å². The molecule has 0 atom stereocenters. The van der Waals surface area contributed by atoms with Crippen LogP contribution in [0.1, 0.15) is 11.4 Å². The lowest BCUT2D eigenvalue weighted by Gasteiger charge is -2.06. The van der Waals surface area contributed by atoms with E-state index in [-0.39, 0.29) is 0 Å². The van der Waals surface area contributed by atoms with Crippen molar-refractivity contribution in [1.29, 1.82) is 0 Å². The van der Waals surface area contributed by atoms with Gasteiger partial charge in [-0.1, -0.05) is 11.6 Å². The van der Waals surface area contributed by atoms with Crippen LogP contribution in [0.2, 0.25) is 5.02 Å². The molecule has 0 saturated heterocycles. The van der Waals surface area contributed by atoms with Crippen LogP contribution in [0.5, 0.6) is 0 Å². The van der Waals surface area contributed by atoms with Crippen LogP contribution in [0.25, 0.3) is 0 Å². The molecule has 0 spiro atoms. The van der Waals surface area contributed by atoms with Gasteiger partial charge in [0.15, 0.2) is 0 Å². The number of hydrogen-bond donors (Lipinski definition) is 1. The van der Waals surface area contributed by atoms with E-state index in [4.69, 9.17) is 11.6 Å². The molecule has 0 aliphatic heterocycles. The molecule has 1 aromatic heterocycles. The van der Waals surface area contributed by atoms with E-state index in [2.05, 4.69) is 10.4 Å². The van der Waals surface area contributed by atoms with Crippen molar-refractivity contribution < 1.29 is 0 Å². The maximum absolute atomic E-state index is 5.84. The maximum atomic E-state index is 5.84. The molecular formula is C12H14ClN3. The number of rotatable bonds is 2. The third kappa shape index (κ3) is 2.04. The predicted molar refractivity (Wildman–Crippen MR) is 67.4 cm³/mol. The fourth-order valence-electron chi connectivity index (χ4n) is 1.63. The van der Waals surface area contributed by atoms with Gasteiger partial charge in [-0.25, -0.2) is 0 Å². The predicted octanol–water partition coefficient (Wildman–Crippen LogP) is 3.43. The summed E-state index contributed by atoms with van der Waals surface area (Å²) in [6, 6.07) is 7.64. The first kappa shape index (κ1) is 11.0. The SMILES string of the molecule is Cc1nn(C)c(C)c1Nc1ccc(Cl)cc1. The second-order valence-corrected chi connectivity index (χ2v) is 4.24. The standard InChI is InChI=1S/C12H14ClN3/c1-8-12(9(2)16(3)15-8)14-11-6-4-10(13)5-7-11/h4-7,14H,1-3H3. The first-order valence-corrected chi connectivity index (χ1v) is 5.48. The molecule has 0 saturated carbocycles. The molecule has 2 rings (SSSR count). The van der Waals surface area contributed by atoms with Gasteiger partial charge in [0.25, 0.3) is 0 Å². The molecule has 3 nitrogen and oxygen atoms in total. The molecule has 0 aliphatic rings. The minimum atomic E-state index is 0.741. The number of aromatic nitrogens is 2. The Morgan fingerprint density at radius 3 is 2.31 bits per heavy atom. The van der Waals surface area contributed by atoms with Crippen LogP contribution in [-0.4, -0.2) is 9.78 Å². The Bertz CT molecular complexity index is 500. The van der Waals surface area contributed by atoms with E-state index in [0.717, 1.165) is 27.8 Å². The number of aryl methyl sites for hydroxylation is 2. The quantitative estimate of drug-likeness (QED) is 0.864. The third-order valence-corrected chi connectivity index (χ3v) is 2.87. The average molecular weight is 236 g/mol. The van der Waals surface area contributed by atoms with Crippen molar-refractivity contribution in [3.05, 3.63) is 40.7 Å². The summed E-state index contributed by atoms with van der Waals surface area (Å²) in [5, 5.41) is 8.44. The largest absolute Gasteiger partial charge is 0.353 e. The molecule has 0 bridgehead atoms. The Hall–Kier alpha value is -1.48. The molecule has 0 radical (unpaired) electrons. The van der Waals surface area contributed by atoms with Crippen LogP contribution in [0.3, 0.4) is 0 Å². The molecule has 0 amide bonds. The molecular weight excluding hydrogens is 222 g/mol. The van der Waals surface area contributed by atoms with Gasteiger partial charge in [0.1, 0.15) is 0 Å². The molecule has 0 aliphatic carbocycles. The Morgan fingerprint density at radius 2 is 1.81 bits per heavy atom. The molecule has 16 heavy (non-hydrogen) atoms. The molecule has 1 N–H and O–H groups in total. The van der Waals surface area contributed by atoms with Gasteiger partial charge in [0.05, 0.1) is 17.1 Å². The summed E-state index contributed by atoms with van der Waals surface area (Å²) in [7, 11) is 1.94. The summed E-state index contributed by atoms with van der Waals surface area (Å²) in [5.41, 5.74) is 4.19. The lowest BCUT2D eigenvalue weighted by atomic mass is 10.2. The topological polar surface area (TPSA) is 29.9 Å². The van der Waals surface area contributed by atoms with Crippen LogP contribution in [0.15, 0.2) is 24.3 Å². The van der Waals surface area contributed by atoms with Crippen molar-refractivity contribution in [1.82, 2.24) is 9.78 Å². The Kier molecular flexibility index (Phi) is 2.88. The highest BCUT2D eigenvalue weighted by Crippen LogP contribution is 2.24. The van der Waals surface area contributed by atoms with Gasteiger partial charge in [0, 0.05) is 17.8 Å². The van der Waals surface area contributed by atoms with E-state index < -0.39 is 0 Å². The zero-order valence-electron chi connectivity index (χ0n) is 9.58. The van der Waals surface area contributed by atoms with E-state index >= 15 is 0 Å². The minimum Gasteiger partial charge on any atom is -0.353 e. The summed E-state index contributed by atoms with van der Waals surface area (Å²) < 4.78 is 1.87. The molecule has 0 fully saturated rings. The fourth-order valence-corrected chi connectivity index (χ4v) is 1.76. The van der Waals surface area contributed by atoms with Crippen LogP contribution in [0.4, 0.5) is 11.4 Å². The summed E-state index contributed by atoms with van der Waals surface area (Å²) in [4.78, 5) is 0. The molecule has 2 aromatic rings. The number of halogens is 1. The molecule has 1 aromatic carbocycles. The van der Waals surface area contributed by atoms with Crippen molar-refractivity contribution in [2.24, 2.45) is 7.05 Å². The highest BCUT2D eigenvalue weighted by molar-refractivity contribution is 6.30. The third-order valence-electron chi connectivity index (χ3n) is 2.62. The van der Waals surface area contributed by atoms with E-state index in [1.807, 2.05) is 49.8 Å². The van der Waals surface area contributed by atoms with Crippen molar-refractivity contribution in [3.8, 4) is 0 Å². The van der Waals surface area contributed by atoms with Gasteiger partial charge in [-0.15, -0.1) is 0 Å². The monoisotopic (exact) mass is 235 g/mol. The van der Waals surface area contributed by atoms with Crippen molar-refractivity contribution in [3.63, 3.8) is 0 Å². The van der Waals surface area contributed by atoms with Crippen LogP contribution < -0.4 is 5.32 Å². The lowest BCUT2D eigenvalue weighted by Crippen LogP contribution is -1.95. The molecule has 1 heterocycles. The summed E-state index contributed by atoms with van der Waals surface area (Å²) in [6.45, 7) is 4.03. The first-order valence-electron chi connectivity index (χ1n) is 5.10. The zero-order chi connectivity index (χ0) is 11.7. The summed E-state index contributed by atoms with van der Waals surface area (Å²) in [6.07, 6.45) is 0. The smallest absolute Gasteiger partial charge is 0.0831 e. The first-order chi connectivity index (χ1) is 7.58. The molecule has 0 unspecified atom stereocenters. The van der Waals surface area contributed by atoms with E-state index in [1.165, 1.54) is 0 Å². The van der Waals surface area contributed by atoms with Crippen molar-refractivity contribution >= 4 is 23.0 Å². The van der Waals surface area contributed by atoms with E-state index in [1.54, 1.807) is 0 Å². The van der Waals surface area contributed by atoms with Crippen molar-refractivity contribution in [2.45, 2.75) is 13.8 Å². The summed E-state index contributed by atoms with van der Waals surface area (Å²) in [5.74, 6) is 0.